The number of aliphatic imine (C=N–C) groups is 1. The molecule has 1 aromatic rings. The van der Waals surface area contributed by atoms with E-state index in [9.17, 15) is 93.0 Å². The minimum atomic E-state index is -9.01. The summed E-state index contributed by atoms with van der Waals surface area (Å²) in [6.07, 6.45) is -9.95. The van der Waals surface area contributed by atoms with Gasteiger partial charge in [-0.15, -0.1) is 0 Å². The van der Waals surface area contributed by atoms with Gasteiger partial charge in [-0.1, -0.05) is 11.6 Å². The highest BCUT2D eigenvalue weighted by atomic mass is 19.4. The Bertz CT molecular complexity index is 1280. The molecule has 0 bridgehead atoms. The molecule has 1 unspecified atom stereocenters. The van der Waals surface area contributed by atoms with Gasteiger partial charge in [0.1, 0.15) is 0 Å². The van der Waals surface area contributed by atoms with Crippen molar-refractivity contribution < 1.29 is 93.0 Å². The zero-order chi connectivity index (χ0) is 35.3. The minimum absolute atomic E-state index is 0.197. The first-order chi connectivity index (χ1) is 19.2. The van der Waals surface area contributed by atoms with Gasteiger partial charge < -0.3 is 5.32 Å². The van der Waals surface area contributed by atoms with E-state index < -0.39 is 83.2 Å². The highest BCUT2D eigenvalue weighted by Crippen LogP contribution is 2.65. The van der Waals surface area contributed by atoms with Crippen LogP contribution in [0, 0.1) is 6.92 Å². The first kappa shape index (κ1) is 38.8. The van der Waals surface area contributed by atoms with Gasteiger partial charge in [0.2, 0.25) is 6.08 Å². The molecule has 44 heavy (non-hydrogen) atoms. The topological polar surface area (TPSA) is 58.5 Å². The second-order valence-corrected chi connectivity index (χ2v) is 9.03. The van der Waals surface area contributed by atoms with E-state index in [1.807, 2.05) is 0 Å². The molecule has 1 atom stereocenters. The largest absolute Gasteiger partial charge is 0.460 e. The van der Waals surface area contributed by atoms with E-state index in [1.165, 1.54) is 18.3 Å². The van der Waals surface area contributed by atoms with Gasteiger partial charge in [-0.2, -0.15) is 88.4 Å². The first-order valence-corrected chi connectivity index (χ1v) is 10.8. The molecule has 0 heterocycles. The van der Waals surface area contributed by atoms with Crippen LogP contribution in [-0.2, 0) is 4.79 Å². The number of hydrogen-bond donors (Lipinski definition) is 1. The first-order valence-electron chi connectivity index (χ1n) is 10.8. The quantitative estimate of drug-likeness (QED) is 0.137. The molecule has 1 amide bonds. The summed E-state index contributed by atoms with van der Waals surface area (Å²) in [7, 11) is 0. The lowest BCUT2D eigenvalue weighted by Gasteiger charge is -2.44. The lowest BCUT2D eigenvalue weighted by Crippen LogP contribution is -2.75. The molecule has 252 valence electrons. The molecule has 0 aliphatic heterocycles. The Kier molecular flexibility index (Phi) is 9.93. The summed E-state index contributed by atoms with van der Waals surface area (Å²) in [4.78, 5) is 25.8. The summed E-state index contributed by atoms with van der Waals surface area (Å²) in [6.45, 7) is 1.57. The second kappa shape index (κ2) is 11.3. The summed E-state index contributed by atoms with van der Waals surface area (Å²) < 4.78 is 256. The lowest BCUT2D eigenvalue weighted by molar-refractivity contribution is -0.468. The third-order valence-corrected chi connectivity index (χ3v) is 5.68. The maximum atomic E-state index is 14.2. The summed E-state index contributed by atoms with van der Waals surface area (Å²) in [5, 5.41) is 1.41. The Balaban J connectivity index is 3.52. The van der Waals surface area contributed by atoms with Gasteiger partial charge in [-0.05, 0) is 26.0 Å². The number of nitrogens with one attached hydrogen (secondary N) is 1. The Morgan fingerprint density at radius 2 is 1.09 bits per heavy atom. The molecule has 0 aliphatic carbocycles. The Morgan fingerprint density at radius 1 is 0.705 bits per heavy atom. The number of alkyl halides is 19. The Morgan fingerprint density at radius 3 is 1.48 bits per heavy atom. The zero-order valence-electron chi connectivity index (χ0n) is 21.0. The standard InChI is InChI=1S/C21H13F19N2O2/c1-8-3-4-11(41-7-43)10(5-8)12(44)42-9(2)6-13(22,23)14(24,25)15(26,27)16(28,29)17(30,31)18(32,33)19(34,35)20(36,37)21(38,39)40/h3-5,9H,6H2,1-2H3,(H,42,44). The zero-order valence-corrected chi connectivity index (χ0v) is 21.0. The summed E-state index contributed by atoms with van der Waals surface area (Å²) in [5.74, 6) is -69.0. The normalized spacial score (nSPS) is 15.5. The molecule has 23 heteroatoms. The van der Waals surface area contributed by atoms with Crippen molar-refractivity contribution in [1.82, 2.24) is 5.32 Å². The fourth-order valence-electron chi connectivity index (χ4n) is 3.24. The van der Waals surface area contributed by atoms with Crippen LogP contribution in [0.2, 0.25) is 0 Å². The summed E-state index contributed by atoms with van der Waals surface area (Å²) in [6, 6.07) is 0.486. The third-order valence-electron chi connectivity index (χ3n) is 5.68. The molecular formula is C21H13F19N2O2. The van der Waals surface area contributed by atoms with Crippen LogP contribution in [-0.4, -0.2) is 71.6 Å². The van der Waals surface area contributed by atoms with E-state index in [4.69, 9.17) is 0 Å². The number of carbonyl (C=O) groups is 1. The van der Waals surface area contributed by atoms with Crippen LogP contribution >= 0.6 is 0 Å². The van der Waals surface area contributed by atoms with Gasteiger partial charge >= 0.3 is 53.6 Å². The van der Waals surface area contributed by atoms with Crippen LogP contribution in [0.25, 0.3) is 0 Å². The predicted molar refractivity (Wildman–Crippen MR) is 106 cm³/mol. The van der Waals surface area contributed by atoms with E-state index in [0.717, 1.165) is 18.2 Å². The van der Waals surface area contributed by atoms with Crippen molar-refractivity contribution in [2.24, 2.45) is 4.99 Å². The molecule has 4 nitrogen and oxygen atoms in total. The average Bonchev–Trinajstić information content (AvgIpc) is 2.83. The van der Waals surface area contributed by atoms with E-state index in [2.05, 4.69) is 4.99 Å². The molecule has 0 fully saturated rings. The predicted octanol–water partition coefficient (Wildman–Crippen LogP) is 8.12. The van der Waals surface area contributed by atoms with Crippen LogP contribution in [0.4, 0.5) is 89.1 Å². The Hall–Kier alpha value is -3.26. The number of amides is 1. The number of rotatable bonds is 12. The lowest BCUT2D eigenvalue weighted by atomic mass is 9.86. The van der Waals surface area contributed by atoms with Crippen molar-refractivity contribution in [2.75, 3.05) is 0 Å². The number of carbonyl (C=O) groups excluding carboxylic acids is 2. The van der Waals surface area contributed by atoms with Crippen molar-refractivity contribution in [1.29, 1.82) is 0 Å². The molecule has 0 radical (unpaired) electrons. The van der Waals surface area contributed by atoms with Crippen molar-refractivity contribution in [3.8, 4) is 0 Å². The molecule has 1 rings (SSSR count). The number of hydrogen-bond acceptors (Lipinski definition) is 3. The van der Waals surface area contributed by atoms with E-state index in [0.29, 0.717) is 0 Å². The number of aryl methyl sites for hydroxylation is 1. The van der Waals surface area contributed by atoms with E-state index in [-0.39, 0.29) is 12.5 Å². The molecule has 0 aliphatic rings. The van der Waals surface area contributed by atoms with Crippen LogP contribution < -0.4 is 5.32 Å². The Labute approximate surface area is 231 Å². The smallest absolute Gasteiger partial charge is 0.349 e. The van der Waals surface area contributed by atoms with Gasteiger partial charge in [0, 0.05) is 12.5 Å². The van der Waals surface area contributed by atoms with Crippen molar-refractivity contribution in [2.45, 2.75) is 79.9 Å². The highest BCUT2D eigenvalue weighted by Gasteiger charge is 2.96. The average molecular weight is 686 g/mol. The maximum absolute atomic E-state index is 14.2. The van der Waals surface area contributed by atoms with Crippen molar-refractivity contribution in [3.05, 3.63) is 29.3 Å². The fourth-order valence-corrected chi connectivity index (χ4v) is 3.24. The molecular weight excluding hydrogens is 673 g/mol. The van der Waals surface area contributed by atoms with Crippen LogP contribution in [0.3, 0.4) is 0 Å². The number of halogens is 19. The van der Waals surface area contributed by atoms with Crippen molar-refractivity contribution in [3.63, 3.8) is 0 Å². The molecule has 1 aromatic carbocycles. The second-order valence-electron chi connectivity index (χ2n) is 9.03. The van der Waals surface area contributed by atoms with Gasteiger partial charge in [0.05, 0.1) is 11.3 Å². The monoisotopic (exact) mass is 686 g/mol. The van der Waals surface area contributed by atoms with Crippen molar-refractivity contribution >= 4 is 17.7 Å². The van der Waals surface area contributed by atoms with Crippen LogP contribution in [0.15, 0.2) is 23.2 Å². The van der Waals surface area contributed by atoms with Gasteiger partial charge in [-0.25, -0.2) is 4.79 Å². The molecule has 0 saturated heterocycles. The van der Waals surface area contributed by atoms with Gasteiger partial charge in [0.25, 0.3) is 5.91 Å². The SMILES string of the molecule is Cc1ccc(N=C=O)c(C(=O)NC(C)CC(F)(F)C(F)(F)C(F)(F)C(F)(F)C(F)(F)C(F)(F)C(F)(F)C(F)(F)C(F)(F)F)c1. The fraction of sp³-hybridized carbons (Fsp3) is 0.619. The van der Waals surface area contributed by atoms with Crippen LogP contribution in [0.1, 0.15) is 29.3 Å². The third kappa shape index (κ3) is 5.78. The number of isocyanates is 1. The highest BCUT2D eigenvalue weighted by molar-refractivity contribution is 5.99. The van der Waals surface area contributed by atoms with Crippen LogP contribution in [0.5, 0.6) is 0 Å². The maximum Gasteiger partial charge on any atom is 0.460 e. The molecule has 0 spiro atoms. The molecule has 0 aromatic heterocycles. The van der Waals surface area contributed by atoms with Gasteiger partial charge in [-0.3, -0.25) is 4.79 Å². The van der Waals surface area contributed by atoms with Gasteiger partial charge in [0.15, 0.2) is 0 Å². The summed E-state index contributed by atoms with van der Waals surface area (Å²) in [5.41, 5.74) is -1.04. The number of benzene rings is 1. The number of nitrogens with zero attached hydrogens (tertiary/aromatic N) is 1. The molecule has 0 saturated carbocycles. The summed E-state index contributed by atoms with van der Waals surface area (Å²) >= 11 is 0. The van der Waals surface area contributed by atoms with E-state index >= 15 is 0 Å². The molecule has 1 N–H and O–H groups in total. The van der Waals surface area contributed by atoms with E-state index in [1.54, 1.807) is 0 Å². The minimum Gasteiger partial charge on any atom is -0.349 e.